The van der Waals surface area contributed by atoms with E-state index in [0.717, 1.165) is 34.2 Å². The predicted molar refractivity (Wildman–Crippen MR) is 124 cm³/mol. The van der Waals surface area contributed by atoms with Gasteiger partial charge in [0.2, 0.25) is 5.91 Å². The van der Waals surface area contributed by atoms with Crippen molar-refractivity contribution in [2.24, 2.45) is 5.92 Å². The maximum absolute atomic E-state index is 12.1. The highest BCUT2D eigenvalue weighted by Crippen LogP contribution is 2.35. The van der Waals surface area contributed by atoms with Gasteiger partial charge in [0.1, 0.15) is 0 Å². The molecule has 170 valence electrons. The Bertz CT molecular complexity index is 912. The zero-order chi connectivity index (χ0) is 22.0. The third-order valence-electron chi connectivity index (χ3n) is 7.16. The number of carbonyl (C=O) groups is 1. The maximum Gasteiger partial charge on any atom is 0.220 e. The summed E-state index contributed by atoms with van der Waals surface area (Å²) < 4.78 is 2.01. The van der Waals surface area contributed by atoms with Gasteiger partial charge in [-0.3, -0.25) is 9.69 Å². The summed E-state index contributed by atoms with van der Waals surface area (Å²) in [5.74, 6) is 0.955. The largest absolute Gasteiger partial charge is 0.354 e. The molecule has 1 saturated carbocycles. The number of carbonyl (C=O) groups excluding carboxylic acids is 1. The first-order valence-corrected chi connectivity index (χ1v) is 12.3. The van der Waals surface area contributed by atoms with Crippen molar-refractivity contribution >= 4 is 11.6 Å². The number of nitrogens with one attached hydrogen (secondary N) is 1. The first-order valence-electron chi connectivity index (χ1n) is 12.3. The van der Waals surface area contributed by atoms with E-state index in [0.29, 0.717) is 18.9 Å². The van der Waals surface area contributed by atoms with Gasteiger partial charge in [-0.05, 0) is 77.8 Å². The van der Waals surface area contributed by atoms with E-state index in [4.69, 9.17) is 10.1 Å². The lowest BCUT2D eigenvalue weighted by Crippen LogP contribution is -2.30. The molecule has 6 heteroatoms. The van der Waals surface area contributed by atoms with Crippen LogP contribution in [0.5, 0.6) is 0 Å². The Morgan fingerprint density at radius 2 is 1.94 bits per heavy atom. The van der Waals surface area contributed by atoms with Gasteiger partial charge in [-0.25, -0.2) is 9.50 Å². The normalized spacial score (nSPS) is 20.7. The Hall–Kier alpha value is -1.95. The van der Waals surface area contributed by atoms with E-state index in [1.54, 1.807) is 0 Å². The summed E-state index contributed by atoms with van der Waals surface area (Å²) in [5.41, 5.74) is 5.37. The Kier molecular flexibility index (Phi) is 6.95. The Morgan fingerprint density at radius 1 is 1.16 bits per heavy atom. The number of aromatic nitrogens is 3. The van der Waals surface area contributed by atoms with Crippen LogP contribution in [-0.4, -0.2) is 44.5 Å². The summed E-state index contributed by atoms with van der Waals surface area (Å²) >= 11 is 0. The monoisotopic (exact) mass is 425 g/mol. The fraction of sp³-hybridized carbons (Fsp3) is 0.720. The molecule has 1 atom stereocenters. The molecule has 2 aromatic heterocycles. The predicted octanol–water partition coefficient (Wildman–Crippen LogP) is 4.52. The van der Waals surface area contributed by atoms with Crippen LogP contribution in [0.1, 0.15) is 93.9 Å². The van der Waals surface area contributed by atoms with Crippen molar-refractivity contribution in [2.75, 3.05) is 13.1 Å². The molecule has 1 saturated heterocycles. The summed E-state index contributed by atoms with van der Waals surface area (Å²) in [6, 6.07) is 2.79. The van der Waals surface area contributed by atoms with E-state index in [-0.39, 0.29) is 11.9 Å². The molecular formula is C25H39N5O. The molecule has 2 aromatic rings. The van der Waals surface area contributed by atoms with Crippen molar-refractivity contribution in [3.05, 3.63) is 28.7 Å². The van der Waals surface area contributed by atoms with Gasteiger partial charge < -0.3 is 5.32 Å². The molecule has 1 aliphatic carbocycles. The highest BCUT2D eigenvalue weighted by Gasteiger charge is 2.30. The van der Waals surface area contributed by atoms with Gasteiger partial charge in [0.15, 0.2) is 5.65 Å². The second-order valence-corrected chi connectivity index (χ2v) is 9.98. The van der Waals surface area contributed by atoms with E-state index >= 15 is 0 Å². The number of amides is 1. The van der Waals surface area contributed by atoms with Gasteiger partial charge in [-0.15, -0.1) is 0 Å². The summed E-state index contributed by atoms with van der Waals surface area (Å²) in [6.45, 7) is 10.6. The Balaban J connectivity index is 1.52. The third kappa shape index (κ3) is 5.11. The van der Waals surface area contributed by atoms with E-state index in [2.05, 4.69) is 30.1 Å². The van der Waals surface area contributed by atoms with Crippen LogP contribution in [-0.2, 0) is 11.2 Å². The minimum absolute atomic E-state index is 0.0966. The number of fused-ring (bicyclic) bond motifs is 1. The van der Waals surface area contributed by atoms with Crippen LogP contribution in [0.3, 0.4) is 0 Å². The molecule has 4 rings (SSSR count). The van der Waals surface area contributed by atoms with Crippen molar-refractivity contribution in [3.63, 3.8) is 0 Å². The number of aryl methyl sites for hydroxylation is 2. The fourth-order valence-corrected chi connectivity index (χ4v) is 5.58. The highest BCUT2D eigenvalue weighted by atomic mass is 16.1. The zero-order valence-corrected chi connectivity index (χ0v) is 19.8. The van der Waals surface area contributed by atoms with Gasteiger partial charge in [-0.2, -0.15) is 5.10 Å². The minimum Gasteiger partial charge on any atom is -0.354 e. The lowest BCUT2D eigenvalue weighted by atomic mass is 9.89. The van der Waals surface area contributed by atoms with Crippen LogP contribution in [0.2, 0.25) is 0 Å². The van der Waals surface area contributed by atoms with E-state index in [1.165, 1.54) is 58.0 Å². The number of hydrogen-bond acceptors (Lipinski definition) is 4. The molecule has 1 amide bonds. The first-order chi connectivity index (χ1) is 14.9. The standard InChI is InChI=1S/C25H39N5O/c1-17(2)26-25(31)13-12-21-18(3)27-24-15-22(28-30(24)19(21)4)23-11-8-14-29(23)16-20-9-6-5-7-10-20/h15,17,20,23H,5-14,16H2,1-4H3,(H,26,31). The van der Waals surface area contributed by atoms with Gasteiger partial charge >= 0.3 is 0 Å². The smallest absolute Gasteiger partial charge is 0.220 e. The number of likely N-dealkylation sites (tertiary alicyclic amines) is 1. The molecule has 6 nitrogen and oxygen atoms in total. The van der Waals surface area contributed by atoms with E-state index in [9.17, 15) is 4.79 Å². The van der Waals surface area contributed by atoms with Gasteiger partial charge in [0.05, 0.1) is 11.7 Å². The molecule has 0 spiro atoms. The summed E-state index contributed by atoms with van der Waals surface area (Å²) in [7, 11) is 0. The van der Waals surface area contributed by atoms with Crippen LogP contribution in [0, 0.1) is 19.8 Å². The molecule has 2 fully saturated rings. The van der Waals surface area contributed by atoms with Crippen LogP contribution in [0.25, 0.3) is 5.65 Å². The second-order valence-electron chi connectivity index (χ2n) is 9.98. The van der Waals surface area contributed by atoms with Crippen LogP contribution in [0.4, 0.5) is 0 Å². The highest BCUT2D eigenvalue weighted by molar-refractivity contribution is 5.76. The zero-order valence-electron chi connectivity index (χ0n) is 19.8. The van der Waals surface area contributed by atoms with Gasteiger partial charge in [0.25, 0.3) is 0 Å². The maximum atomic E-state index is 12.1. The minimum atomic E-state index is 0.0966. The van der Waals surface area contributed by atoms with Crippen molar-refractivity contribution < 1.29 is 4.79 Å². The average molecular weight is 426 g/mol. The molecule has 0 radical (unpaired) electrons. The van der Waals surface area contributed by atoms with E-state index in [1.807, 2.05) is 18.4 Å². The molecule has 1 unspecified atom stereocenters. The molecular weight excluding hydrogens is 386 g/mol. The molecule has 0 aromatic carbocycles. The lowest BCUT2D eigenvalue weighted by molar-refractivity contribution is -0.121. The van der Waals surface area contributed by atoms with Crippen molar-refractivity contribution in [1.29, 1.82) is 0 Å². The van der Waals surface area contributed by atoms with Gasteiger partial charge in [-0.1, -0.05) is 19.3 Å². The quantitative estimate of drug-likeness (QED) is 0.708. The van der Waals surface area contributed by atoms with Gasteiger partial charge in [0, 0.05) is 36.5 Å². The number of nitrogens with zero attached hydrogens (tertiary/aromatic N) is 4. The summed E-state index contributed by atoms with van der Waals surface area (Å²) in [4.78, 5) is 19.7. The number of hydrogen-bond donors (Lipinski definition) is 1. The van der Waals surface area contributed by atoms with Crippen molar-refractivity contribution in [1.82, 2.24) is 24.8 Å². The molecule has 3 heterocycles. The summed E-state index contributed by atoms with van der Waals surface area (Å²) in [5, 5.41) is 8.01. The van der Waals surface area contributed by atoms with Crippen molar-refractivity contribution in [3.8, 4) is 0 Å². The fourth-order valence-electron chi connectivity index (χ4n) is 5.58. The molecule has 2 aliphatic rings. The topological polar surface area (TPSA) is 62.5 Å². The number of rotatable bonds is 7. The third-order valence-corrected chi connectivity index (χ3v) is 7.16. The Labute approximate surface area is 186 Å². The molecule has 1 N–H and O–H groups in total. The van der Waals surface area contributed by atoms with Crippen LogP contribution in [0.15, 0.2) is 6.07 Å². The average Bonchev–Trinajstić information content (AvgIpc) is 3.34. The SMILES string of the molecule is Cc1nc2cc(C3CCCN3CC3CCCCC3)nn2c(C)c1CCC(=O)NC(C)C. The second kappa shape index (κ2) is 9.68. The lowest BCUT2D eigenvalue weighted by Gasteiger charge is -2.30. The van der Waals surface area contributed by atoms with Crippen LogP contribution < -0.4 is 5.32 Å². The van der Waals surface area contributed by atoms with Crippen molar-refractivity contribution in [2.45, 2.75) is 97.6 Å². The molecule has 0 bridgehead atoms. The first kappa shape index (κ1) is 22.3. The van der Waals surface area contributed by atoms with Crippen LogP contribution >= 0.6 is 0 Å². The Morgan fingerprint density at radius 3 is 2.68 bits per heavy atom. The molecule has 31 heavy (non-hydrogen) atoms. The van der Waals surface area contributed by atoms with E-state index < -0.39 is 0 Å². The summed E-state index contributed by atoms with van der Waals surface area (Å²) in [6.07, 6.45) is 10.6. The molecule has 1 aliphatic heterocycles.